The molecular weight excluding hydrogens is 597 g/mol. The van der Waals surface area contributed by atoms with Crippen LogP contribution in [0.25, 0.3) is 0 Å². The Kier molecular flexibility index (Phi) is 12.5. The lowest BCUT2D eigenvalue weighted by atomic mass is 10.1. The third-order valence-electron chi connectivity index (χ3n) is 6.60. The zero-order valence-corrected chi connectivity index (χ0v) is 26.4. The van der Waals surface area contributed by atoms with E-state index in [1.54, 1.807) is 60.7 Å². The van der Waals surface area contributed by atoms with Crippen molar-refractivity contribution in [3.05, 3.63) is 88.4 Å². The van der Waals surface area contributed by atoms with Gasteiger partial charge in [-0.3, -0.25) is 13.9 Å². The topological polar surface area (TPSA) is 96.0 Å². The van der Waals surface area contributed by atoms with Crippen LogP contribution < -0.4 is 14.4 Å². The summed E-state index contributed by atoms with van der Waals surface area (Å²) in [6.07, 6.45) is 2.01. The standard InChI is InChI=1S/C31H37Cl2N3O5S/c1-4-7-19-34-31(38)29(5-2)35(21-23-13-18-27(32)28(33)20-23)30(37)22-36(24-14-16-25(17-15-24)41-6-3)42(39,40)26-11-9-8-10-12-26/h8-18,20,29H,4-7,19,21-22H2,1-3H3,(H,34,38)/t29-/m1/s1. The minimum atomic E-state index is -4.16. The molecule has 0 heterocycles. The van der Waals surface area contributed by atoms with Crippen molar-refractivity contribution < 1.29 is 22.7 Å². The SMILES string of the molecule is CCCCNC(=O)[C@@H](CC)N(Cc1ccc(Cl)c(Cl)c1)C(=O)CN(c1ccc(OCC)cc1)S(=O)(=O)c1ccccc1. The molecule has 0 saturated carbocycles. The molecule has 1 N–H and O–H groups in total. The predicted octanol–water partition coefficient (Wildman–Crippen LogP) is 6.31. The first-order valence-electron chi connectivity index (χ1n) is 13.9. The Morgan fingerprint density at radius 2 is 1.62 bits per heavy atom. The average Bonchev–Trinajstić information content (AvgIpc) is 2.98. The summed E-state index contributed by atoms with van der Waals surface area (Å²) in [5.41, 5.74) is 0.932. The van der Waals surface area contributed by atoms with Crippen molar-refractivity contribution in [1.82, 2.24) is 10.2 Å². The highest BCUT2D eigenvalue weighted by atomic mass is 35.5. The van der Waals surface area contributed by atoms with Crippen LogP contribution >= 0.6 is 23.2 Å². The molecule has 3 rings (SSSR count). The maximum atomic E-state index is 14.1. The maximum absolute atomic E-state index is 14.1. The monoisotopic (exact) mass is 633 g/mol. The van der Waals surface area contributed by atoms with Crippen molar-refractivity contribution in [2.24, 2.45) is 0 Å². The number of halogens is 2. The number of hydrogen-bond donors (Lipinski definition) is 1. The van der Waals surface area contributed by atoms with Crippen LogP contribution in [0, 0.1) is 0 Å². The molecule has 0 saturated heterocycles. The van der Waals surface area contributed by atoms with Gasteiger partial charge in [0.25, 0.3) is 10.0 Å². The Morgan fingerprint density at radius 3 is 2.21 bits per heavy atom. The molecule has 3 aromatic rings. The van der Waals surface area contributed by atoms with E-state index >= 15 is 0 Å². The van der Waals surface area contributed by atoms with E-state index < -0.39 is 28.5 Å². The second kappa shape index (κ2) is 15.8. The molecule has 1 atom stereocenters. The van der Waals surface area contributed by atoms with E-state index in [1.807, 2.05) is 20.8 Å². The first-order chi connectivity index (χ1) is 20.1. The summed E-state index contributed by atoms with van der Waals surface area (Å²) in [5, 5.41) is 3.58. The summed E-state index contributed by atoms with van der Waals surface area (Å²) in [6.45, 7) is 6.09. The third kappa shape index (κ3) is 8.63. The zero-order chi connectivity index (χ0) is 30.7. The Morgan fingerprint density at radius 1 is 0.929 bits per heavy atom. The number of carbonyl (C=O) groups excluding carboxylic acids is 2. The number of anilines is 1. The van der Waals surface area contributed by atoms with Gasteiger partial charge in [0, 0.05) is 13.1 Å². The van der Waals surface area contributed by atoms with Crippen molar-refractivity contribution in [3.8, 4) is 5.75 Å². The van der Waals surface area contributed by atoms with Crippen LogP contribution in [0.15, 0.2) is 77.7 Å². The number of rotatable bonds is 15. The number of unbranched alkanes of at least 4 members (excludes halogenated alkanes) is 1. The van der Waals surface area contributed by atoms with Gasteiger partial charge in [0.15, 0.2) is 0 Å². The maximum Gasteiger partial charge on any atom is 0.264 e. The number of ether oxygens (including phenoxy) is 1. The normalized spacial score (nSPS) is 11.9. The number of nitrogens with zero attached hydrogens (tertiary/aromatic N) is 2. The number of benzene rings is 3. The lowest BCUT2D eigenvalue weighted by Gasteiger charge is -2.33. The van der Waals surface area contributed by atoms with E-state index in [0.29, 0.717) is 40.9 Å². The van der Waals surface area contributed by atoms with Crippen molar-refractivity contribution >= 4 is 50.7 Å². The summed E-state index contributed by atoms with van der Waals surface area (Å²) in [4.78, 5) is 28.8. The van der Waals surface area contributed by atoms with Crippen molar-refractivity contribution in [2.45, 2.75) is 57.5 Å². The van der Waals surface area contributed by atoms with Crippen LogP contribution in [0.3, 0.4) is 0 Å². The predicted molar refractivity (Wildman–Crippen MR) is 168 cm³/mol. The quantitative estimate of drug-likeness (QED) is 0.198. The minimum absolute atomic E-state index is 0.0257. The second-order valence-electron chi connectivity index (χ2n) is 9.59. The van der Waals surface area contributed by atoms with Crippen LogP contribution in [0.1, 0.15) is 45.6 Å². The van der Waals surface area contributed by atoms with Crippen LogP contribution in [-0.2, 0) is 26.2 Å². The summed E-state index contributed by atoms with van der Waals surface area (Å²) >= 11 is 12.4. The molecule has 0 spiro atoms. The van der Waals surface area contributed by atoms with E-state index in [4.69, 9.17) is 27.9 Å². The van der Waals surface area contributed by atoms with Crippen LogP contribution in [0.4, 0.5) is 5.69 Å². The van der Waals surface area contributed by atoms with Gasteiger partial charge in [-0.15, -0.1) is 0 Å². The molecule has 3 aromatic carbocycles. The molecule has 42 heavy (non-hydrogen) atoms. The molecule has 0 bridgehead atoms. The van der Waals surface area contributed by atoms with Gasteiger partial charge in [-0.05, 0) is 73.9 Å². The average molecular weight is 635 g/mol. The smallest absolute Gasteiger partial charge is 0.264 e. The number of carbonyl (C=O) groups is 2. The molecule has 0 aliphatic heterocycles. The molecule has 2 amide bonds. The van der Waals surface area contributed by atoms with E-state index in [1.165, 1.54) is 17.0 Å². The molecular formula is C31H37Cl2N3O5S. The highest BCUT2D eigenvalue weighted by Crippen LogP contribution is 2.28. The Labute approximate surface area is 258 Å². The Bertz CT molecular complexity index is 1440. The first-order valence-corrected chi connectivity index (χ1v) is 16.1. The van der Waals surface area contributed by atoms with Crippen molar-refractivity contribution in [1.29, 1.82) is 0 Å². The van der Waals surface area contributed by atoms with Gasteiger partial charge < -0.3 is 15.0 Å². The summed E-state index contributed by atoms with van der Waals surface area (Å²) in [7, 11) is -4.16. The number of nitrogens with one attached hydrogen (secondary N) is 1. The number of amides is 2. The highest BCUT2D eigenvalue weighted by Gasteiger charge is 2.33. The fourth-order valence-electron chi connectivity index (χ4n) is 4.38. The van der Waals surface area contributed by atoms with Gasteiger partial charge in [-0.25, -0.2) is 8.42 Å². The lowest BCUT2D eigenvalue weighted by Crippen LogP contribution is -2.52. The molecule has 0 unspecified atom stereocenters. The third-order valence-corrected chi connectivity index (χ3v) is 9.13. The summed E-state index contributed by atoms with van der Waals surface area (Å²) in [5.74, 6) is -0.287. The van der Waals surface area contributed by atoms with E-state index in [0.717, 1.165) is 17.1 Å². The van der Waals surface area contributed by atoms with E-state index in [-0.39, 0.29) is 23.0 Å². The van der Waals surface area contributed by atoms with Gasteiger partial charge in [-0.2, -0.15) is 0 Å². The Balaban J connectivity index is 2.04. The lowest BCUT2D eigenvalue weighted by molar-refractivity contribution is -0.140. The van der Waals surface area contributed by atoms with Gasteiger partial charge in [0.05, 0.1) is 27.2 Å². The Hall–Kier alpha value is -3.27. The van der Waals surface area contributed by atoms with E-state index in [2.05, 4.69) is 5.32 Å². The minimum Gasteiger partial charge on any atom is -0.494 e. The largest absolute Gasteiger partial charge is 0.494 e. The molecule has 0 aliphatic rings. The van der Waals surface area contributed by atoms with Gasteiger partial charge >= 0.3 is 0 Å². The summed E-state index contributed by atoms with van der Waals surface area (Å²) in [6, 6.07) is 18.5. The molecule has 0 aliphatic carbocycles. The van der Waals surface area contributed by atoms with Gasteiger partial charge in [-0.1, -0.05) is 67.7 Å². The molecule has 226 valence electrons. The fourth-order valence-corrected chi connectivity index (χ4v) is 6.14. The molecule has 0 radical (unpaired) electrons. The van der Waals surface area contributed by atoms with Gasteiger partial charge in [0.2, 0.25) is 11.8 Å². The summed E-state index contributed by atoms with van der Waals surface area (Å²) < 4.78 is 34.4. The first kappa shape index (κ1) is 33.2. The zero-order valence-electron chi connectivity index (χ0n) is 24.1. The number of sulfonamides is 1. The number of hydrogen-bond acceptors (Lipinski definition) is 5. The van der Waals surface area contributed by atoms with Crippen molar-refractivity contribution in [2.75, 3.05) is 24.0 Å². The molecule has 0 aromatic heterocycles. The fraction of sp³-hybridized carbons (Fsp3) is 0.355. The van der Waals surface area contributed by atoms with Gasteiger partial charge in [0.1, 0.15) is 18.3 Å². The molecule has 11 heteroatoms. The molecule has 0 fully saturated rings. The van der Waals surface area contributed by atoms with Crippen molar-refractivity contribution in [3.63, 3.8) is 0 Å². The van der Waals surface area contributed by atoms with Crippen LogP contribution in [0.2, 0.25) is 10.0 Å². The second-order valence-corrected chi connectivity index (χ2v) is 12.3. The highest BCUT2D eigenvalue weighted by molar-refractivity contribution is 7.92. The van der Waals surface area contributed by atoms with Crippen LogP contribution in [-0.4, -0.2) is 50.9 Å². The van der Waals surface area contributed by atoms with Crippen LogP contribution in [0.5, 0.6) is 5.75 Å². The molecule has 8 nitrogen and oxygen atoms in total. The van der Waals surface area contributed by atoms with E-state index in [9.17, 15) is 18.0 Å².